The van der Waals surface area contributed by atoms with Gasteiger partial charge in [-0.2, -0.15) is 0 Å². The zero-order valence-electron chi connectivity index (χ0n) is 9.49. The van der Waals surface area contributed by atoms with E-state index in [-0.39, 0.29) is 0 Å². The second-order valence-electron chi connectivity index (χ2n) is 4.15. The first-order chi connectivity index (χ1) is 7.78. The summed E-state index contributed by atoms with van der Waals surface area (Å²) in [5.41, 5.74) is 0. The van der Waals surface area contributed by atoms with Crippen molar-refractivity contribution in [2.24, 2.45) is 5.92 Å². The van der Waals surface area contributed by atoms with E-state index in [1.165, 1.54) is 19.5 Å². The molecule has 16 heavy (non-hydrogen) atoms. The number of nitrogens with one attached hydrogen (secondary N) is 1. The molecule has 1 N–H and O–H groups in total. The van der Waals surface area contributed by atoms with Gasteiger partial charge in [0.15, 0.2) is 0 Å². The number of halogens is 1. The van der Waals surface area contributed by atoms with Gasteiger partial charge in [0.05, 0.1) is 0 Å². The molecule has 5 heteroatoms. The highest BCUT2D eigenvalue weighted by Gasteiger charge is 2.20. The van der Waals surface area contributed by atoms with Crippen molar-refractivity contribution in [3.63, 3.8) is 0 Å². The normalized spacial score (nSPS) is 21.2. The summed E-state index contributed by atoms with van der Waals surface area (Å²) < 4.78 is 1.07. The van der Waals surface area contributed by atoms with Crippen LogP contribution in [-0.2, 0) is 0 Å². The standard InChI is InChI=1S/C11H17IN4/c1-2-16-4-3-9(8-16)5-13-11-14-6-10(12)7-15-11/h6-7,9H,2-5,8H2,1H3,(H,13,14,15). The fourth-order valence-corrected chi connectivity index (χ4v) is 2.28. The lowest BCUT2D eigenvalue weighted by Gasteiger charge is -2.13. The number of rotatable bonds is 4. The first-order valence-corrected chi connectivity index (χ1v) is 6.79. The molecule has 2 heterocycles. The fourth-order valence-electron chi connectivity index (χ4n) is 2.01. The molecule has 0 aromatic carbocycles. The van der Waals surface area contributed by atoms with Gasteiger partial charge in [0.1, 0.15) is 0 Å². The molecule has 1 fully saturated rings. The van der Waals surface area contributed by atoms with Gasteiger partial charge in [0.25, 0.3) is 0 Å². The lowest BCUT2D eigenvalue weighted by atomic mass is 10.1. The minimum Gasteiger partial charge on any atom is -0.354 e. The maximum atomic E-state index is 4.24. The molecule has 1 unspecified atom stereocenters. The van der Waals surface area contributed by atoms with Crippen molar-refractivity contribution < 1.29 is 0 Å². The molecule has 0 amide bonds. The molecule has 88 valence electrons. The van der Waals surface area contributed by atoms with E-state index in [0.717, 1.165) is 28.5 Å². The summed E-state index contributed by atoms with van der Waals surface area (Å²) >= 11 is 2.21. The van der Waals surface area contributed by atoms with Crippen molar-refractivity contribution in [2.75, 3.05) is 31.5 Å². The van der Waals surface area contributed by atoms with Gasteiger partial charge in [-0.15, -0.1) is 0 Å². The lowest BCUT2D eigenvalue weighted by molar-refractivity contribution is 0.345. The number of anilines is 1. The largest absolute Gasteiger partial charge is 0.354 e. The topological polar surface area (TPSA) is 41.0 Å². The third kappa shape index (κ3) is 3.28. The van der Waals surface area contributed by atoms with Gasteiger partial charge >= 0.3 is 0 Å². The number of hydrogen-bond acceptors (Lipinski definition) is 4. The minimum absolute atomic E-state index is 0.739. The smallest absolute Gasteiger partial charge is 0.222 e. The summed E-state index contributed by atoms with van der Waals surface area (Å²) in [6.07, 6.45) is 4.96. The highest BCUT2D eigenvalue weighted by atomic mass is 127. The van der Waals surface area contributed by atoms with Gasteiger partial charge in [0, 0.05) is 29.1 Å². The number of aromatic nitrogens is 2. The highest BCUT2D eigenvalue weighted by molar-refractivity contribution is 14.1. The van der Waals surface area contributed by atoms with Crippen LogP contribution in [0, 0.1) is 9.49 Å². The molecule has 4 nitrogen and oxygen atoms in total. The maximum Gasteiger partial charge on any atom is 0.222 e. The molecule has 1 aromatic rings. The first kappa shape index (κ1) is 12.0. The number of nitrogens with zero attached hydrogens (tertiary/aromatic N) is 3. The zero-order valence-corrected chi connectivity index (χ0v) is 11.6. The van der Waals surface area contributed by atoms with Crippen molar-refractivity contribution in [1.29, 1.82) is 0 Å². The van der Waals surface area contributed by atoms with Crippen molar-refractivity contribution in [1.82, 2.24) is 14.9 Å². The van der Waals surface area contributed by atoms with E-state index in [1.807, 2.05) is 12.4 Å². The molecule has 0 radical (unpaired) electrons. The predicted molar refractivity (Wildman–Crippen MR) is 73.5 cm³/mol. The third-order valence-electron chi connectivity index (χ3n) is 2.99. The summed E-state index contributed by atoms with van der Waals surface area (Å²) in [7, 11) is 0. The molecule has 1 aliphatic heterocycles. The van der Waals surface area contributed by atoms with E-state index in [9.17, 15) is 0 Å². The Morgan fingerprint density at radius 3 is 2.88 bits per heavy atom. The average Bonchev–Trinajstić information content (AvgIpc) is 2.76. The average molecular weight is 332 g/mol. The third-order valence-corrected chi connectivity index (χ3v) is 3.54. The van der Waals surface area contributed by atoms with Crippen LogP contribution in [0.3, 0.4) is 0 Å². The Balaban J connectivity index is 1.77. The molecule has 1 aromatic heterocycles. The van der Waals surface area contributed by atoms with Crippen LogP contribution >= 0.6 is 22.6 Å². The van der Waals surface area contributed by atoms with E-state index in [0.29, 0.717) is 0 Å². The summed E-state index contributed by atoms with van der Waals surface area (Å²) in [4.78, 5) is 11.0. The van der Waals surface area contributed by atoms with Gasteiger partial charge < -0.3 is 10.2 Å². The van der Waals surface area contributed by atoms with E-state index < -0.39 is 0 Å². The SMILES string of the molecule is CCN1CCC(CNc2ncc(I)cn2)C1. The van der Waals surface area contributed by atoms with E-state index in [1.54, 1.807) is 0 Å². The molecule has 0 aliphatic carbocycles. The van der Waals surface area contributed by atoms with Gasteiger partial charge in [-0.3, -0.25) is 0 Å². The highest BCUT2D eigenvalue weighted by Crippen LogP contribution is 2.15. The summed E-state index contributed by atoms with van der Waals surface area (Å²) in [5, 5.41) is 3.31. The second-order valence-corrected chi connectivity index (χ2v) is 5.40. The van der Waals surface area contributed by atoms with Gasteiger partial charge in [0.2, 0.25) is 5.95 Å². The summed E-state index contributed by atoms with van der Waals surface area (Å²) in [6, 6.07) is 0. The van der Waals surface area contributed by atoms with Gasteiger partial charge in [-0.1, -0.05) is 6.92 Å². The Morgan fingerprint density at radius 2 is 2.25 bits per heavy atom. The van der Waals surface area contributed by atoms with E-state index in [2.05, 4.69) is 49.7 Å². The van der Waals surface area contributed by atoms with Crippen molar-refractivity contribution in [3.05, 3.63) is 16.0 Å². The number of hydrogen-bond donors (Lipinski definition) is 1. The second kappa shape index (κ2) is 5.77. The van der Waals surface area contributed by atoms with Crippen LogP contribution < -0.4 is 5.32 Å². The monoisotopic (exact) mass is 332 g/mol. The van der Waals surface area contributed by atoms with Crippen LogP contribution in [0.1, 0.15) is 13.3 Å². The van der Waals surface area contributed by atoms with Gasteiger partial charge in [-0.25, -0.2) is 9.97 Å². The Labute approximate surface area is 110 Å². The first-order valence-electron chi connectivity index (χ1n) is 5.71. The fraction of sp³-hybridized carbons (Fsp3) is 0.636. The van der Waals surface area contributed by atoms with Gasteiger partial charge in [-0.05, 0) is 48.0 Å². The van der Waals surface area contributed by atoms with Crippen LogP contribution in [-0.4, -0.2) is 41.0 Å². The quantitative estimate of drug-likeness (QED) is 0.855. The van der Waals surface area contributed by atoms with E-state index >= 15 is 0 Å². The molecule has 0 saturated carbocycles. The van der Waals surface area contributed by atoms with Crippen molar-refractivity contribution >= 4 is 28.5 Å². The molecule has 2 rings (SSSR count). The van der Waals surface area contributed by atoms with Crippen LogP contribution in [0.2, 0.25) is 0 Å². The Morgan fingerprint density at radius 1 is 1.50 bits per heavy atom. The van der Waals surface area contributed by atoms with Crippen molar-refractivity contribution in [2.45, 2.75) is 13.3 Å². The minimum atomic E-state index is 0.739. The summed E-state index contributed by atoms with van der Waals surface area (Å²) in [6.45, 7) is 6.80. The molecule has 0 bridgehead atoms. The molecule has 1 atom stereocenters. The molecule has 1 saturated heterocycles. The van der Waals surface area contributed by atoms with Crippen molar-refractivity contribution in [3.8, 4) is 0 Å². The molecular formula is C11H17IN4. The Bertz CT molecular complexity index is 327. The van der Waals surface area contributed by atoms with Crippen LogP contribution in [0.4, 0.5) is 5.95 Å². The maximum absolute atomic E-state index is 4.24. The molecule has 0 spiro atoms. The zero-order chi connectivity index (χ0) is 11.4. The lowest BCUT2D eigenvalue weighted by Crippen LogP contribution is -2.22. The molecule has 1 aliphatic rings. The number of likely N-dealkylation sites (tertiary alicyclic amines) is 1. The van der Waals surface area contributed by atoms with Crippen LogP contribution in [0.25, 0.3) is 0 Å². The van der Waals surface area contributed by atoms with Crippen LogP contribution in [0.5, 0.6) is 0 Å². The van der Waals surface area contributed by atoms with Crippen LogP contribution in [0.15, 0.2) is 12.4 Å². The summed E-state index contributed by atoms with van der Waals surface area (Å²) in [5.74, 6) is 1.48. The Kier molecular flexibility index (Phi) is 4.34. The molecular weight excluding hydrogens is 315 g/mol. The Hall–Kier alpha value is -0.430. The van der Waals surface area contributed by atoms with E-state index in [4.69, 9.17) is 0 Å². The predicted octanol–water partition coefficient (Wildman–Crippen LogP) is 1.83.